The summed E-state index contributed by atoms with van der Waals surface area (Å²) in [6.45, 7) is 3.79. The molecule has 0 radical (unpaired) electrons. The molecule has 0 atom stereocenters. The molecular weight excluding hydrogens is 463 g/mol. The van der Waals surface area contributed by atoms with Gasteiger partial charge in [0.05, 0.1) is 15.6 Å². The van der Waals surface area contributed by atoms with Crippen molar-refractivity contribution in [1.29, 1.82) is 0 Å². The molecule has 0 fully saturated rings. The summed E-state index contributed by atoms with van der Waals surface area (Å²) < 4.78 is 31.2. The molecule has 1 amide bonds. The Labute approximate surface area is 191 Å². The van der Waals surface area contributed by atoms with Crippen molar-refractivity contribution in [1.82, 2.24) is 4.31 Å². The number of nitrogens with zero attached hydrogens (tertiary/aromatic N) is 1. The van der Waals surface area contributed by atoms with Crippen molar-refractivity contribution in [2.75, 3.05) is 25.0 Å². The van der Waals surface area contributed by atoms with E-state index in [9.17, 15) is 18.0 Å². The van der Waals surface area contributed by atoms with Gasteiger partial charge in [0.25, 0.3) is 5.91 Å². The summed E-state index contributed by atoms with van der Waals surface area (Å²) in [6.07, 6.45) is 2.61. The Hall–Kier alpha value is -2.39. The molecule has 0 heterocycles. The van der Waals surface area contributed by atoms with Crippen molar-refractivity contribution in [3.8, 4) is 0 Å². The van der Waals surface area contributed by atoms with Gasteiger partial charge in [0, 0.05) is 24.2 Å². The Morgan fingerprint density at radius 2 is 1.71 bits per heavy atom. The Kier molecular flexibility index (Phi) is 9.06. The highest BCUT2D eigenvalue weighted by molar-refractivity contribution is 7.89. The molecule has 0 aliphatic carbocycles. The zero-order valence-electron chi connectivity index (χ0n) is 17.0. The first-order chi connectivity index (χ1) is 14.7. The van der Waals surface area contributed by atoms with Gasteiger partial charge in [0.15, 0.2) is 6.61 Å². The van der Waals surface area contributed by atoms with E-state index in [1.54, 1.807) is 32.0 Å². The van der Waals surface area contributed by atoms with Crippen LogP contribution in [0.5, 0.6) is 0 Å². The number of halogens is 2. The van der Waals surface area contributed by atoms with Crippen LogP contribution in [0.4, 0.5) is 5.69 Å². The first-order valence-corrected chi connectivity index (χ1v) is 11.6. The standard InChI is InChI=1S/C21H22Cl2N2O5S/c1-3-25(4-2)31(28,29)17-9-5-15(6-10-17)7-12-21(27)30-14-20(26)24-19-13-16(22)8-11-18(19)23/h5-13H,3-4,14H2,1-2H3,(H,24,26)/b12-7+. The lowest BCUT2D eigenvalue weighted by molar-refractivity contribution is -0.142. The normalized spacial score (nSPS) is 11.6. The van der Waals surface area contributed by atoms with E-state index in [4.69, 9.17) is 27.9 Å². The van der Waals surface area contributed by atoms with Crippen LogP contribution in [0.3, 0.4) is 0 Å². The second-order valence-corrected chi connectivity index (χ2v) is 9.05. The Balaban J connectivity index is 1.91. The first kappa shape index (κ1) is 24.9. The molecule has 2 aromatic carbocycles. The van der Waals surface area contributed by atoms with E-state index in [1.807, 2.05) is 0 Å². The number of sulfonamides is 1. The van der Waals surface area contributed by atoms with Crippen LogP contribution in [0.15, 0.2) is 53.4 Å². The van der Waals surface area contributed by atoms with E-state index < -0.39 is 28.5 Å². The van der Waals surface area contributed by atoms with Crippen LogP contribution >= 0.6 is 23.2 Å². The van der Waals surface area contributed by atoms with E-state index in [-0.39, 0.29) is 4.90 Å². The molecule has 166 valence electrons. The number of benzene rings is 2. The lowest BCUT2D eigenvalue weighted by atomic mass is 10.2. The summed E-state index contributed by atoms with van der Waals surface area (Å²) in [6, 6.07) is 10.7. The van der Waals surface area contributed by atoms with Crippen LogP contribution in [-0.2, 0) is 24.3 Å². The molecule has 10 heteroatoms. The van der Waals surface area contributed by atoms with Gasteiger partial charge in [-0.1, -0.05) is 49.2 Å². The van der Waals surface area contributed by atoms with Gasteiger partial charge in [0.2, 0.25) is 10.0 Å². The van der Waals surface area contributed by atoms with Crippen LogP contribution in [0.2, 0.25) is 10.0 Å². The minimum absolute atomic E-state index is 0.173. The number of ether oxygens (including phenoxy) is 1. The van der Waals surface area contributed by atoms with Crippen molar-refractivity contribution in [3.63, 3.8) is 0 Å². The van der Waals surface area contributed by atoms with Crippen molar-refractivity contribution < 1.29 is 22.7 Å². The highest BCUT2D eigenvalue weighted by Crippen LogP contribution is 2.25. The number of anilines is 1. The fourth-order valence-corrected chi connectivity index (χ4v) is 4.39. The number of carbonyl (C=O) groups excluding carboxylic acids is 2. The molecule has 0 aliphatic rings. The number of esters is 1. The van der Waals surface area contributed by atoms with E-state index in [0.717, 1.165) is 6.08 Å². The third-order valence-corrected chi connectivity index (χ3v) is 6.81. The van der Waals surface area contributed by atoms with Crippen molar-refractivity contribution >= 4 is 56.9 Å². The third-order valence-electron chi connectivity index (χ3n) is 4.18. The maximum atomic E-state index is 12.5. The lowest BCUT2D eigenvalue weighted by Gasteiger charge is -2.18. The van der Waals surface area contributed by atoms with Crippen molar-refractivity contribution in [2.45, 2.75) is 18.7 Å². The highest BCUT2D eigenvalue weighted by atomic mass is 35.5. The molecule has 31 heavy (non-hydrogen) atoms. The molecule has 0 aliphatic heterocycles. The molecule has 0 saturated heterocycles. The van der Waals surface area contributed by atoms with Gasteiger partial charge in [-0.25, -0.2) is 13.2 Å². The average Bonchev–Trinajstić information content (AvgIpc) is 2.74. The summed E-state index contributed by atoms with van der Waals surface area (Å²) in [5, 5.41) is 3.20. The molecule has 0 bridgehead atoms. The summed E-state index contributed by atoms with van der Waals surface area (Å²) >= 11 is 11.8. The van der Waals surface area contributed by atoms with Crippen molar-refractivity contribution in [3.05, 3.63) is 64.1 Å². The summed E-state index contributed by atoms with van der Waals surface area (Å²) in [5.41, 5.74) is 0.913. The summed E-state index contributed by atoms with van der Waals surface area (Å²) in [4.78, 5) is 23.9. The first-order valence-electron chi connectivity index (χ1n) is 9.37. The van der Waals surface area contributed by atoms with Crippen LogP contribution in [0, 0.1) is 0 Å². The molecule has 1 N–H and O–H groups in total. The van der Waals surface area contributed by atoms with Gasteiger partial charge in [-0.2, -0.15) is 4.31 Å². The van der Waals surface area contributed by atoms with Gasteiger partial charge >= 0.3 is 5.97 Å². The van der Waals surface area contributed by atoms with E-state index in [2.05, 4.69) is 5.32 Å². The third kappa shape index (κ3) is 7.07. The molecule has 2 rings (SSSR count). The largest absolute Gasteiger partial charge is 0.452 e. The Morgan fingerprint density at radius 3 is 2.32 bits per heavy atom. The number of hydrogen-bond donors (Lipinski definition) is 1. The topological polar surface area (TPSA) is 92.8 Å². The second kappa shape index (κ2) is 11.3. The number of carbonyl (C=O) groups is 2. The zero-order chi connectivity index (χ0) is 23.0. The SMILES string of the molecule is CCN(CC)S(=O)(=O)c1ccc(/C=C/C(=O)OCC(=O)Nc2cc(Cl)ccc2Cl)cc1. The van der Waals surface area contributed by atoms with Crippen LogP contribution in [-0.4, -0.2) is 44.3 Å². The number of amides is 1. The van der Waals surface area contributed by atoms with Crippen LogP contribution in [0.25, 0.3) is 6.08 Å². The monoisotopic (exact) mass is 484 g/mol. The fraction of sp³-hybridized carbons (Fsp3) is 0.238. The maximum Gasteiger partial charge on any atom is 0.331 e. The summed E-state index contributed by atoms with van der Waals surface area (Å²) in [7, 11) is -3.54. The number of nitrogens with one attached hydrogen (secondary N) is 1. The molecule has 0 unspecified atom stereocenters. The highest BCUT2D eigenvalue weighted by Gasteiger charge is 2.20. The second-order valence-electron chi connectivity index (χ2n) is 6.27. The molecule has 7 nitrogen and oxygen atoms in total. The number of rotatable bonds is 9. The van der Waals surface area contributed by atoms with E-state index in [0.29, 0.717) is 34.4 Å². The fourth-order valence-electron chi connectivity index (χ4n) is 2.59. The quantitative estimate of drug-likeness (QED) is 0.424. The molecule has 0 spiro atoms. The predicted molar refractivity (Wildman–Crippen MR) is 122 cm³/mol. The van der Waals surface area contributed by atoms with E-state index in [1.165, 1.54) is 34.6 Å². The van der Waals surface area contributed by atoms with Gasteiger partial charge in [0.1, 0.15) is 0 Å². The van der Waals surface area contributed by atoms with Crippen molar-refractivity contribution in [2.24, 2.45) is 0 Å². The zero-order valence-corrected chi connectivity index (χ0v) is 19.3. The molecule has 0 aromatic heterocycles. The smallest absolute Gasteiger partial charge is 0.331 e. The van der Waals surface area contributed by atoms with Crippen LogP contribution < -0.4 is 5.32 Å². The Morgan fingerprint density at radius 1 is 1.06 bits per heavy atom. The predicted octanol–water partition coefficient (Wildman–Crippen LogP) is 4.22. The maximum absolute atomic E-state index is 12.5. The minimum atomic E-state index is -3.54. The number of hydrogen-bond acceptors (Lipinski definition) is 5. The minimum Gasteiger partial charge on any atom is -0.452 e. The van der Waals surface area contributed by atoms with Gasteiger partial charge in [-0.15, -0.1) is 0 Å². The van der Waals surface area contributed by atoms with Crippen LogP contribution in [0.1, 0.15) is 19.4 Å². The molecule has 2 aromatic rings. The van der Waals surface area contributed by atoms with Gasteiger partial charge in [-0.3, -0.25) is 4.79 Å². The Bertz CT molecular complexity index is 1070. The van der Waals surface area contributed by atoms with Gasteiger partial charge < -0.3 is 10.1 Å². The van der Waals surface area contributed by atoms with Gasteiger partial charge in [-0.05, 0) is 42.0 Å². The average molecular weight is 485 g/mol. The molecule has 0 saturated carbocycles. The van der Waals surface area contributed by atoms with E-state index >= 15 is 0 Å². The summed E-state index contributed by atoms with van der Waals surface area (Å²) in [5.74, 6) is -1.30. The molecular formula is C21H22Cl2N2O5S. The lowest BCUT2D eigenvalue weighted by Crippen LogP contribution is -2.30.